The molecular formula is C12H7Cl2F2NO2S. The van der Waals surface area contributed by atoms with Crippen LogP contribution in [0.4, 0.5) is 14.5 Å². The second kappa shape index (κ2) is 5.55. The number of nitrogens with one attached hydrogen (secondary N) is 1. The molecule has 0 aliphatic carbocycles. The van der Waals surface area contributed by atoms with Gasteiger partial charge in [-0.05, 0) is 36.4 Å². The summed E-state index contributed by atoms with van der Waals surface area (Å²) in [6.45, 7) is 0. The van der Waals surface area contributed by atoms with Crippen molar-refractivity contribution in [2.24, 2.45) is 0 Å². The standard InChI is InChI=1S/C12H7Cl2F2NO2S/c13-7-1-3-11(10(16)5-7)17-20(18,19)12-4-2-8(15)6-9(12)14/h1-6,17H. The lowest BCUT2D eigenvalue weighted by Crippen LogP contribution is -2.14. The van der Waals surface area contributed by atoms with Gasteiger partial charge in [0.25, 0.3) is 10.0 Å². The maximum atomic E-state index is 13.6. The highest BCUT2D eigenvalue weighted by Crippen LogP contribution is 2.26. The molecule has 0 fully saturated rings. The van der Waals surface area contributed by atoms with Crippen LogP contribution in [0.25, 0.3) is 0 Å². The molecule has 2 aromatic rings. The zero-order valence-electron chi connectivity index (χ0n) is 9.70. The molecule has 0 aliphatic heterocycles. The summed E-state index contributed by atoms with van der Waals surface area (Å²) in [6, 6.07) is 6.26. The number of rotatable bonds is 3. The van der Waals surface area contributed by atoms with E-state index in [1.807, 2.05) is 4.72 Å². The van der Waals surface area contributed by atoms with Crippen molar-refractivity contribution in [3.63, 3.8) is 0 Å². The van der Waals surface area contributed by atoms with Gasteiger partial charge in [0.15, 0.2) is 0 Å². The highest BCUT2D eigenvalue weighted by Gasteiger charge is 2.20. The van der Waals surface area contributed by atoms with Crippen LogP contribution in [0.3, 0.4) is 0 Å². The molecule has 8 heteroatoms. The van der Waals surface area contributed by atoms with Crippen LogP contribution >= 0.6 is 23.2 Å². The molecule has 0 saturated carbocycles. The normalized spacial score (nSPS) is 11.4. The monoisotopic (exact) mass is 337 g/mol. The maximum absolute atomic E-state index is 13.6. The first-order valence-electron chi connectivity index (χ1n) is 5.22. The van der Waals surface area contributed by atoms with Gasteiger partial charge in [0.05, 0.1) is 10.7 Å². The van der Waals surface area contributed by atoms with Gasteiger partial charge in [-0.1, -0.05) is 23.2 Å². The van der Waals surface area contributed by atoms with Crippen molar-refractivity contribution in [2.75, 3.05) is 4.72 Å². The molecule has 20 heavy (non-hydrogen) atoms. The summed E-state index contributed by atoms with van der Waals surface area (Å²) in [4.78, 5) is -0.352. The molecule has 0 aliphatic rings. The number of hydrogen-bond acceptors (Lipinski definition) is 2. The van der Waals surface area contributed by atoms with E-state index in [1.165, 1.54) is 12.1 Å². The van der Waals surface area contributed by atoms with Crippen molar-refractivity contribution in [3.8, 4) is 0 Å². The average Bonchev–Trinajstić information content (AvgIpc) is 2.32. The Morgan fingerprint density at radius 2 is 1.70 bits per heavy atom. The zero-order valence-corrected chi connectivity index (χ0v) is 12.0. The quantitative estimate of drug-likeness (QED) is 0.917. The third kappa shape index (κ3) is 3.20. The minimum atomic E-state index is -4.13. The highest BCUT2D eigenvalue weighted by atomic mass is 35.5. The molecule has 2 rings (SSSR count). The van der Waals surface area contributed by atoms with Gasteiger partial charge in [0, 0.05) is 5.02 Å². The van der Waals surface area contributed by atoms with Crippen LogP contribution in [0.1, 0.15) is 0 Å². The number of halogens is 4. The Labute approximate surface area is 124 Å². The molecule has 0 radical (unpaired) electrons. The van der Waals surface area contributed by atoms with Crippen LogP contribution in [-0.2, 0) is 10.0 Å². The van der Waals surface area contributed by atoms with E-state index in [0.29, 0.717) is 0 Å². The summed E-state index contributed by atoms with van der Waals surface area (Å²) in [5.74, 6) is -1.51. The highest BCUT2D eigenvalue weighted by molar-refractivity contribution is 7.92. The van der Waals surface area contributed by atoms with Gasteiger partial charge in [-0.15, -0.1) is 0 Å². The second-order valence-corrected chi connectivity index (χ2v) is 6.30. The topological polar surface area (TPSA) is 46.2 Å². The minimum Gasteiger partial charge on any atom is -0.277 e. The molecule has 0 amide bonds. The van der Waals surface area contributed by atoms with E-state index in [1.54, 1.807) is 0 Å². The molecule has 2 aromatic carbocycles. The van der Waals surface area contributed by atoms with Gasteiger partial charge < -0.3 is 0 Å². The van der Waals surface area contributed by atoms with Crippen LogP contribution in [0.5, 0.6) is 0 Å². The lowest BCUT2D eigenvalue weighted by atomic mass is 10.3. The van der Waals surface area contributed by atoms with E-state index >= 15 is 0 Å². The summed E-state index contributed by atoms with van der Waals surface area (Å²) >= 11 is 11.2. The molecule has 0 atom stereocenters. The van der Waals surface area contributed by atoms with Crippen LogP contribution in [-0.4, -0.2) is 8.42 Å². The Bertz CT molecular complexity index is 766. The van der Waals surface area contributed by atoms with Crippen molar-refractivity contribution in [2.45, 2.75) is 4.90 Å². The second-order valence-electron chi connectivity index (χ2n) is 3.80. The summed E-state index contributed by atoms with van der Waals surface area (Å²) < 4.78 is 52.6. The predicted molar refractivity (Wildman–Crippen MR) is 73.6 cm³/mol. The van der Waals surface area contributed by atoms with Crippen LogP contribution < -0.4 is 4.72 Å². The largest absolute Gasteiger partial charge is 0.277 e. The first-order chi connectivity index (χ1) is 9.29. The minimum absolute atomic E-state index is 0.130. The van der Waals surface area contributed by atoms with Crippen molar-refractivity contribution < 1.29 is 17.2 Å². The molecule has 0 heterocycles. The summed E-state index contributed by atoms with van der Waals surface area (Å²) in [5.41, 5.74) is -0.283. The molecule has 0 bridgehead atoms. The molecule has 106 valence electrons. The first kappa shape index (κ1) is 15.0. The lowest BCUT2D eigenvalue weighted by Gasteiger charge is -2.10. The van der Waals surface area contributed by atoms with Crippen molar-refractivity contribution in [3.05, 3.63) is 58.1 Å². The Hall–Kier alpha value is -1.37. The fraction of sp³-hybridized carbons (Fsp3) is 0. The van der Waals surface area contributed by atoms with E-state index in [2.05, 4.69) is 0 Å². The lowest BCUT2D eigenvalue weighted by molar-refractivity contribution is 0.597. The molecule has 0 aromatic heterocycles. The first-order valence-corrected chi connectivity index (χ1v) is 7.46. The third-order valence-corrected chi connectivity index (χ3v) is 4.44. The van der Waals surface area contributed by atoms with Crippen LogP contribution in [0, 0.1) is 11.6 Å². The van der Waals surface area contributed by atoms with Gasteiger partial charge in [-0.3, -0.25) is 4.72 Å². The maximum Gasteiger partial charge on any atom is 0.263 e. The van der Waals surface area contributed by atoms with E-state index in [4.69, 9.17) is 23.2 Å². The SMILES string of the molecule is O=S(=O)(Nc1ccc(Cl)cc1F)c1ccc(F)cc1Cl. The van der Waals surface area contributed by atoms with Gasteiger partial charge in [-0.2, -0.15) is 0 Å². The average molecular weight is 338 g/mol. The zero-order chi connectivity index (χ0) is 14.9. The molecule has 1 N–H and O–H groups in total. The van der Waals surface area contributed by atoms with E-state index < -0.39 is 21.7 Å². The third-order valence-electron chi connectivity index (χ3n) is 2.36. The fourth-order valence-corrected chi connectivity index (χ4v) is 3.22. The van der Waals surface area contributed by atoms with Crippen molar-refractivity contribution in [1.82, 2.24) is 0 Å². The molecule has 3 nitrogen and oxygen atoms in total. The summed E-state index contributed by atoms with van der Waals surface area (Å²) in [7, 11) is -4.13. The van der Waals surface area contributed by atoms with Crippen LogP contribution in [0.15, 0.2) is 41.3 Å². The summed E-state index contributed by atoms with van der Waals surface area (Å²) in [6.07, 6.45) is 0. The van der Waals surface area contributed by atoms with E-state index in [9.17, 15) is 17.2 Å². The Morgan fingerprint density at radius 3 is 2.30 bits per heavy atom. The van der Waals surface area contributed by atoms with E-state index in [-0.39, 0.29) is 20.6 Å². The number of hydrogen-bond donors (Lipinski definition) is 1. The molecule has 0 saturated heterocycles. The Balaban J connectivity index is 2.41. The van der Waals surface area contributed by atoms with Gasteiger partial charge in [0.1, 0.15) is 16.5 Å². The predicted octanol–water partition coefficient (Wildman–Crippen LogP) is 4.07. The van der Waals surface area contributed by atoms with Crippen molar-refractivity contribution >= 4 is 38.9 Å². The molecule has 0 unspecified atom stereocenters. The summed E-state index contributed by atoms with van der Waals surface area (Å²) in [5, 5.41) is -0.169. The Morgan fingerprint density at radius 1 is 1.00 bits per heavy atom. The molecule has 0 spiro atoms. The number of benzene rings is 2. The van der Waals surface area contributed by atoms with Gasteiger partial charge in [-0.25, -0.2) is 17.2 Å². The Kier molecular flexibility index (Phi) is 4.17. The van der Waals surface area contributed by atoms with Crippen LogP contribution in [0.2, 0.25) is 10.0 Å². The fourth-order valence-electron chi connectivity index (χ4n) is 1.47. The van der Waals surface area contributed by atoms with Gasteiger partial charge >= 0.3 is 0 Å². The smallest absolute Gasteiger partial charge is 0.263 e. The number of sulfonamides is 1. The van der Waals surface area contributed by atoms with E-state index in [0.717, 1.165) is 24.3 Å². The van der Waals surface area contributed by atoms with Gasteiger partial charge in [0.2, 0.25) is 0 Å². The van der Waals surface area contributed by atoms with Crippen molar-refractivity contribution in [1.29, 1.82) is 0 Å². The number of anilines is 1. The molecular weight excluding hydrogens is 331 g/mol.